The van der Waals surface area contributed by atoms with Crippen molar-refractivity contribution in [1.29, 1.82) is 5.26 Å². The molecule has 0 fully saturated rings. The number of nitriles is 1. The van der Waals surface area contributed by atoms with Gasteiger partial charge in [-0.15, -0.1) is 11.8 Å². The van der Waals surface area contributed by atoms with E-state index >= 15 is 0 Å². The number of oxime groups is 1. The fraction of sp³-hybridized carbons (Fsp3) is 0.636. The van der Waals surface area contributed by atoms with Crippen LogP contribution < -0.4 is 0 Å². The van der Waals surface area contributed by atoms with Gasteiger partial charge in [-0.1, -0.05) is 5.16 Å². The molecule has 0 spiro atoms. The van der Waals surface area contributed by atoms with Crippen LogP contribution in [-0.4, -0.2) is 52.3 Å². The van der Waals surface area contributed by atoms with E-state index in [0.29, 0.717) is 17.2 Å². The van der Waals surface area contributed by atoms with Crippen LogP contribution in [0.2, 0.25) is 0 Å². The van der Waals surface area contributed by atoms with E-state index in [4.69, 9.17) is 14.8 Å². The highest BCUT2D eigenvalue weighted by Gasteiger charge is 2.18. The molecule has 0 radical (unpaired) electrons. The molecule has 21 heavy (non-hydrogen) atoms. The van der Waals surface area contributed by atoms with Crippen molar-refractivity contribution in [3.8, 4) is 6.07 Å². The molecule has 2 amide bonds. The summed E-state index contributed by atoms with van der Waals surface area (Å²) in [6, 6.07) is 2.00. The molecular weight excluding hydrogens is 316 g/mol. The molecule has 0 aromatic heterocycles. The Balaban J connectivity index is 4.18. The van der Waals surface area contributed by atoms with Gasteiger partial charge in [0.25, 0.3) is 0 Å². The Hall–Kier alpha value is -1.60. The zero-order valence-corrected chi connectivity index (χ0v) is 14.0. The first-order chi connectivity index (χ1) is 9.92. The quantitative estimate of drug-likeness (QED) is 0.184. The van der Waals surface area contributed by atoms with Gasteiger partial charge in [0.15, 0.2) is 0 Å². The van der Waals surface area contributed by atoms with Gasteiger partial charge in [0.05, 0.1) is 24.8 Å². The predicted molar refractivity (Wildman–Crippen MR) is 82.4 cm³/mol. The summed E-state index contributed by atoms with van der Waals surface area (Å²) < 4.78 is 7.03. The maximum Gasteiger partial charge on any atom is 0.447 e. The minimum absolute atomic E-state index is 0.251. The van der Waals surface area contributed by atoms with Crippen molar-refractivity contribution in [2.75, 3.05) is 26.5 Å². The first-order valence-corrected chi connectivity index (χ1v) is 7.71. The average molecular weight is 334 g/mol. The van der Waals surface area contributed by atoms with Crippen molar-refractivity contribution < 1.29 is 19.2 Å². The van der Waals surface area contributed by atoms with Gasteiger partial charge in [-0.3, -0.25) is 4.84 Å². The lowest BCUT2D eigenvalue weighted by molar-refractivity contribution is 0.132. The summed E-state index contributed by atoms with van der Waals surface area (Å²) in [5.74, 6) is 0.583. The molecular formula is C11H18N4O4S2. The number of carbonyl (C=O) groups excluding carboxylic acids is 2. The third kappa shape index (κ3) is 9.04. The maximum atomic E-state index is 11.6. The highest BCUT2D eigenvalue weighted by atomic mass is 32.2. The Morgan fingerprint density at radius 2 is 1.90 bits per heavy atom. The van der Waals surface area contributed by atoms with Crippen molar-refractivity contribution in [3.63, 3.8) is 0 Å². The molecule has 8 nitrogen and oxygen atoms in total. The minimum Gasteiger partial charge on any atom is -0.449 e. The van der Waals surface area contributed by atoms with Crippen molar-refractivity contribution in [2.24, 2.45) is 5.16 Å². The molecule has 0 aromatic rings. The van der Waals surface area contributed by atoms with E-state index < -0.39 is 12.2 Å². The normalized spacial score (nSPS) is 10.5. The topological polar surface area (TPSA) is 95.2 Å². The molecule has 0 atom stereocenters. The van der Waals surface area contributed by atoms with Crippen LogP contribution in [0, 0.1) is 11.3 Å². The third-order valence-corrected chi connectivity index (χ3v) is 3.49. The molecule has 0 aliphatic heterocycles. The number of hydrogen-bond acceptors (Lipinski definition) is 8. The molecule has 0 unspecified atom stereocenters. The zero-order chi connectivity index (χ0) is 16.3. The molecule has 0 rings (SSSR count). The van der Waals surface area contributed by atoms with Crippen molar-refractivity contribution in [1.82, 2.24) is 8.61 Å². The standard InChI is InChI=1S/C11H18N4O4S2/c1-5-18-10(16)14(3)21-15(4)11(17)19-13-9(2)20-8-6-7-12/h5-6,8H2,1-4H3/b13-9+. The fourth-order valence-electron chi connectivity index (χ4n) is 0.896. The van der Waals surface area contributed by atoms with Gasteiger partial charge in [-0.05, 0) is 13.8 Å². The van der Waals surface area contributed by atoms with E-state index in [2.05, 4.69) is 5.16 Å². The third-order valence-electron chi connectivity index (χ3n) is 1.80. The summed E-state index contributed by atoms with van der Waals surface area (Å²) in [4.78, 5) is 27.7. The molecule has 0 aromatic carbocycles. The molecule has 10 heteroatoms. The molecule has 0 saturated carbocycles. The predicted octanol–water partition coefficient (Wildman–Crippen LogP) is 2.69. The molecule has 0 heterocycles. The van der Waals surface area contributed by atoms with Crippen LogP contribution in [0.4, 0.5) is 9.59 Å². The first kappa shape index (κ1) is 19.4. The number of amides is 2. The second kappa shape index (κ2) is 11.1. The molecule has 0 aliphatic carbocycles. The first-order valence-electron chi connectivity index (χ1n) is 6.00. The van der Waals surface area contributed by atoms with Crippen LogP contribution in [0.3, 0.4) is 0 Å². The largest absolute Gasteiger partial charge is 0.449 e. The Labute approximate surface area is 132 Å². The second-order valence-electron chi connectivity index (χ2n) is 3.50. The molecule has 0 bridgehead atoms. The van der Waals surface area contributed by atoms with E-state index in [1.807, 2.05) is 6.07 Å². The number of hydrogen-bond donors (Lipinski definition) is 0. The smallest absolute Gasteiger partial charge is 0.447 e. The van der Waals surface area contributed by atoms with Crippen LogP contribution in [-0.2, 0) is 9.57 Å². The van der Waals surface area contributed by atoms with E-state index in [-0.39, 0.29) is 6.61 Å². The molecule has 0 N–H and O–H groups in total. The SMILES string of the molecule is CCOC(=O)N(C)SN(C)C(=O)O/N=C(\C)SCCC#N. The summed E-state index contributed by atoms with van der Waals surface area (Å²) in [6.45, 7) is 3.62. The van der Waals surface area contributed by atoms with Gasteiger partial charge in [0.1, 0.15) is 5.04 Å². The van der Waals surface area contributed by atoms with Crippen LogP contribution in [0.1, 0.15) is 20.3 Å². The highest BCUT2D eigenvalue weighted by molar-refractivity contribution is 8.13. The van der Waals surface area contributed by atoms with E-state index in [1.165, 1.54) is 25.9 Å². The second-order valence-corrected chi connectivity index (χ2v) is 6.05. The Kier molecular flexibility index (Phi) is 10.3. The Morgan fingerprint density at radius 1 is 1.29 bits per heavy atom. The zero-order valence-electron chi connectivity index (χ0n) is 12.4. The molecule has 0 saturated heterocycles. The number of ether oxygens (including phenoxy) is 1. The monoisotopic (exact) mass is 334 g/mol. The van der Waals surface area contributed by atoms with Gasteiger partial charge in [0.2, 0.25) is 0 Å². The number of rotatable bonds is 6. The van der Waals surface area contributed by atoms with Crippen LogP contribution in [0.25, 0.3) is 0 Å². The van der Waals surface area contributed by atoms with E-state index in [9.17, 15) is 9.59 Å². The number of carbonyl (C=O) groups is 2. The Bertz CT molecular complexity index is 425. The average Bonchev–Trinajstić information content (AvgIpc) is 2.45. The van der Waals surface area contributed by atoms with Crippen molar-refractivity contribution in [2.45, 2.75) is 20.3 Å². The number of nitrogens with zero attached hydrogens (tertiary/aromatic N) is 4. The summed E-state index contributed by atoms with van der Waals surface area (Å²) >= 11 is 2.15. The minimum atomic E-state index is -0.726. The van der Waals surface area contributed by atoms with Crippen molar-refractivity contribution in [3.05, 3.63) is 0 Å². The summed E-state index contributed by atoms with van der Waals surface area (Å²) in [5.41, 5.74) is 0. The Morgan fingerprint density at radius 3 is 2.48 bits per heavy atom. The van der Waals surface area contributed by atoms with E-state index in [1.54, 1.807) is 13.8 Å². The van der Waals surface area contributed by atoms with Crippen LogP contribution in [0.15, 0.2) is 5.16 Å². The lowest BCUT2D eigenvalue weighted by Crippen LogP contribution is -2.29. The van der Waals surface area contributed by atoms with Gasteiger partial charge >= 0.3 is 12.2 Å². The molecule has 118 valence electrons. The van der Waals surface area contributed by atoms with Gasteiger partial charge < -0.3 is 4.74 Å². The molecule has 0 aliphatic rings. The van der Waals surface area contributed by atoms with Crippen molar-refractivity contribution >= 4 is 41.1 Å². The lowest BCUT2D eigenvalue weighted by atomic mass is 10.6. The summed E-state index contributed by atoms with van der Waals surface area (Å²) in [6.07, 6.45) is -0.892. The fourth-order valence-corrected chi connectivity index (χ4v) is 2.06. The van der Waals surface area contributed by atoms with E-state index in [0.717, 1.165) is 20.7 Å². The lowest BCUT2D eigenvalue weighted by Gasteiger charge is -2.20. The van der Waals surface area contributed by atoms with Gasteiger partial charge in [-0.25, -0.2) is 18.2 Å². The van der Waals surface area contributed by atoms with Gasteiger partial charge in [-0.2, -0.15) is 5.26 Å². The van der Waals surface area contributed by atoms with Crippen LogP contribution >= 0.6 is 23.9 Å². The van der Waals surface area contributed by atoms with Gasteiger partial charge in [0, 0.05) is 26.3 Å². The maximum absolute atomic E-state index is 11.6. The van der Waals surface area contributed by atoms with Crippen LogP contribution in [0.5, 0.6) is 0 Å². The highest BCUT2D eigenvalue weighted by Crippen LogP contribution is 2.15. The summed E-state index contributed by atoms with van der Waals surface area (Å²) in [7, 11) is 2.91. The summed E-state index contributed by atoms with van der Waals surface area (Å²) in [5, 5.41) is 12.6. The number of thioether (sulfide) groups is 1.